The van der Waals surface area contributed by atoms with E-state index in [1.807, 2.05) is 6.92 Å². The van der Waals surface area contributed by atoms with Crippen molar-refractivity contribution in [3.8, 4) is 0 Å². The van der Waals surface area contributed by atoms with Crippen molar-refractivity contribution in [2.75, 3.05) is 26.2 Å². The minimum Gasteiger partial charge on any atom is -0.300 e. The largest absolute Gasteiger partial charge is 0.300 e. The fourth-order valence-corrected chi connectivity index (χ4v) is 2.84. The molecule has 1 saturated heterocycles. The Bertz CT molecular complexity index is 268. The van der Waals surface area contributed by atoms with E-state index in [-0.39, 0.29) is 17.9 Å². The zero-order valence-electron chi connectivity index (χ0n) is 12.1. The Kier molecular flexibility index (Phi) is 6.05. The van der Waals surface area contributed by atoms with Crippen molar-refractivity contribution in [1.29, 1.82) is 0 Å². The second kappa shape index (κ2) is 7.07. The number of rotatable bonds is 6. The summed E-state index contributed by atoms with van der Waals surface area (Å²) < 4.78 is 0. The maximum absolute atomic E-state index is 11.6. The molecular weight excluding hydrogens is 228 g/mol. The number of amides is 1. The van der Waals surface area contributed by atoms with Crippen LogP contribution in [0.25, 0.3) is 0 Å². The van der Waals surface area contributed by atoms with Gasteiger partial charge in [-0.05, 0) is 26.4 Å². The Morgan fingerprint density at radius 3 is 2.56 bits per heavy atom. The molecule has 3 N–H and O–H groups in total. The Balaban J connectivity index is 2.53. The lowest BCUT2D eigenvalue weighted by Gasteiger charge is -2.30. The van der Waals surface area contributed by atoms with Crippen LogP contribution in [0.5, 0.6) is 0 Å². The zero-order valence-corrected chi connectivity index (χ0v) is 12.1. The molecule has 1 heterocycles. The molecule has 106 valence electrons. The standard InChI is InChI=1S/C13H28N4O/c1-5-16(6-2)12-7-8-17(9-12)11(4)10(3)13(18)15-14/h10-12H,5-9,14H2,1-4H3,(H,15,18). The number of hydrazine groups is 1. The van der Waals surface area contributed by atoms with Crippen LogP contribution in [0, 0.1) is 5.92 Å². The first-order chi connectivity index (χ1) is 8.54. The summed E-state index contributed by atoms with van der Waals surface area (Å²) in [6.45, 7) is 12.8. The lowest BCUT2D eigenvalue weighted by molar-refractivity contribution is -0.126. The first kappa shape index (κ1) is 15.4. The predicted octanol–water partition coefficient (Wildman–Crippen LogP) is 0.417. The van der Waals surface area contributed by atoms with Gasteiger partial charge < -0.3 is 0 Å². The van der Waals surface area contributed by atoms with Gasteiger partial charge >= 0.3 is 0 Å². The van der Waals surface area contributed by atoms with Crippen molar-refractivity contribution in [3.63, 3.8) is 0 Å². The van der Waals surface area contributed by atoms with E-state index >= 15 is 0 Å². The number of hydrogen-bond donors (Lipinski definition) is 2. The highest BCUT2D eigenvalue weighted by Gasteiger charge is 2.32. The van der Waals surface area contributed by atoms with Crippen molar-refractivity contribution < 1.29 is 4.79 Å². The molecule has 3 unspecified atom stereocenters. The van der Waals surface area contributed by atoms with Gasteiger partial charge in [0, 0.05) is 25.2 Å². The highest BCUT2D eigenvalue weighted by molar-refractivity contribution is 5.78. The topological polar surface area (TPSA) is 61.6 Å². The van der Waals surface area contributed by atoms with Crippen molar-refractivity contribution in [3.05, 3.63) is 0 Å². The predicted molar refractivity (Wildman–Crippen MR) is 73.9 cm³/mol. The van der Waals surface area contributed by atoms with E-state index in [0.717, 1.165) is 26.2 Å². The van der Waals surface area contributed by atoms with E-state index in [0.29, 0.717) is 6.04 Å². The molecule has 18 heavy (non-hydrogen) atoms. The van der Waals surface area contributed by atoms with E-state index in [9.17, 15) is 4.79 Å². The number of likely N-dealkylation sites (tertiary alicyclic amines) is 1. The number of carbonyl (C=O) groups is 1. The summed E-state index contributed by atoms with van der Waals surface area (Å²) in [5, 5.41) is 0. The number of hydrogen-bond acceptors (Lipinski definition) is 4. The summed E-state index contributed by atoms with van der Waals surface area (Å²) in [5.74, 6) is 5.06. The van der Waals surface area contributed by atoms with Gasteiger partial charge in [0.05, 0.1) is 5.92 Å². The van der Waals surface area contributed by atoms with E-state index < -0.39 is 0 Å². The van der Waals surface area contributed by atoms with E-state index in [1.54, 1.807) is 0 Å². The normalized spacial score (nSPS) is 24.2. The average molecular weight is 256 g/mol. The molecule has 1 aliphatic heterocycles. The van der Waals surface area contributed by atoms with Crippen LogP contribution >= 0.6 is 0 Å². The van der Waals surface area contributed by atoms with Crippen LogP contribution in [0.4, 0.5) is 0 Å². The molecular formula is C13H28N4O. The molecule has 0 aromatic heterocycles. The lowest BCUT2D eigenvalue weighted by atomic mass is 10.0. The van der Waals surface area contributed by atoms with Gasteiger partial charge in [-0.15, -0.1) is 0 Å². The van der Waals surface area contributed by atoms with E-state index in [2.05, 4.69) is 36.0 Å². The highest BCUT2D eigenvalue weighted by Crippen LogP contribution is 2.21. The van der Waals surface area contributed by atoms with E-state index in [4.69, 9.17) is 5.84 Å². The molecule has 0 bridgehead atoms. The van der Waals surface area contributed by atoms with Crippen LogP contribution in [-0.2, 0) is 4.79 Å². The number of nitrogens with two attached hydrogens (primary N) is 1. The Morgan fingerprint density at radius 2 is 2.06 bits per heavy atom. The number of carbonyl (C=O) groups excluding carboxylic acids is 1. The van der Waals surface area contributed by atoms with Crippen molar-refractivity contribution >= 4 is 5.91 Å². The molecule has 0 radical (unpaired) electrons. The second-order valence-electron chi connectivity index (χ2n) is 5.20. The van der Waals surface area contributed by atoms with Crippen LogP contribution in [0.1, 0.15) is 34.1 Å². The van der Waals surface area contributed by atoms with Gasteiger partial charge in [0.1, 0.15) is 0 Å². The third kappa shape index (κ3) is 3.43. The molecule has 0 spiro atoms. The molecule has 5 nitrogen and oxygen atoms in total. The second-order valence-corrected chi connectivity index (χ2v) is 5.20. The van der Waals surface area contributed by atoms with Gasteiger partial charge in [-0.3, -0.25) is 20.0 Å². The maximum Gasteiger partial charge on any atom is 0.238 e. The lowest BCUT2D eigenvalue weighted by Crippen LogP contribution is -2.46. The summed E-state index contributed by atoms with van der Waals surface area (Å²) in [7, 11) is 0. The fraction of sp³-hybridized carbons (Fsp3) is 0.923. The molecule has 0 aromatic rings. The first-order valence-electron chi connectivity index (χ1n) is 7.03. The molecule has 1 aliphatic rings. The summed E-state index contributed by atoms with van der Waals surface area (Å²) in [6, 6.07) is 0.879. The molecule has 1 fully saturated rings. The van der Waals surface area contributed by atoms with Gasteiger partial charge in [-0.25, -0.2) is 5.84 Å². The molecule has 5 heteroatoms. The average Bonchev–Trinajstić information content (AvgIpc) is 2.87. The van der Waals surface area contributed by atoms with Gasteiger partial charge in [0.15, 0.2) is 0 Å². The number of nitrogens with one attached hydrogen (secondary N) is 1. The molecule has 3 atom stereocenters. The Morgan fingerprint density at radius 1 is 1.44 bits per heavy atom. The summed E-state index contributed by atoms with van der Waals surface area (Å²) in [6.07, 6.45) is 1.20. The highest BCUT2D eigenvalue weighted by atomic mass is 16.2. The van der Waals surface area contributed by atoms with Crippen LogP contribution in [-0.4, -0.2) is 54.0 Å². The molecule has 0 aromatic carbocycles. The van der Waals surface area contributed by atoms with Gasteiger partial charge in [-0.1, -0.05) is 20.8 Å². The smallest absolute Gasteiger partial charge is 0.238 e. The van der Waals surface area contributed by atoms with Crippen LogP contribution in [0.15, 0.2) is 0 Å². The Hall–Kier alpha value is -0.650. The van der Waals surface area contributed by atoms with Crippen LogP contribution in [0.2, 0.25) is 0 Å². The molecule has 1 amide bonds. The van der Waals surface area contributed by atoms with E-state index in [1.165, 1.54) is 6.42 Å². The monoisotopic (exact) mass is 256 g/mol. The summed E-state index contributed by atoms with van der Waals surface area (Å²) in [5.41, 5.74) is 2.25. The Labute approximate surface area is 111 Å². The van der Waals surface area contributed by atoms with Crippen molar-refractivity contribution in [2.24, 2.45) is 11.8 Å². The minimum absolute atomic E-state index is 0.0644. The maximum atomic E-state index is 11.6. The zero-order chi connectivity index (χ0) is 13.7. The minimum atomic E-state index is -0.0752. The summed E-state index contributed by atoms with van der Waals surface area (Å²) in [4.78, 5) is 16.5. The van der Waals surface area contributed by atoms with Crippen LogP contribution in [0.3, 0.4) is 0 Å². The molecule has 0 saturated carbocycles. The third-order valence-electron chi connectivity index (χ3n) is 4.38. The van der Waals surface area contributed by atoms with Gasteiger partial charge in [0.2, 0.25) is 5.91 Å². The third-order valence-corrected chi connectivity index (χ3v) is 4.38. The molecule has 1 rings (SSSR count). The molecule has 0 aliphatic carbocycles. The first-order valence-corrected chi connectivity index (χ1v) is 7.03. The number of likely N-dealkylation sites (N-methyl/N-ethyl adjacent to an activating group) is 1. The van der Waals surface area contributed by atoms with Gasteiger partial charge in [0.25, 0.3) is 0 Å². The van der Waals surface area contributed by atoms with Crippen LogP contribution < -0.4 is 11.3 Å². The van der Waals surface area contributed by atoms with Crippen molar-refractivity contribution in [1.82, 2.24) is 15.2 Å². The summed E-state index contributed by atoms with van der Waals surface area (Å²) >= 11 is 0. The number of nitrogens with zero attached hydrogens (tertiary/aromatic N) is 2. The SMILES string of the molecule is CCN(CC)C1CCN(C(C)C(C)C(=O)NN)C1. The fourth-order valence-electron chi connectivity index (χ4n) is 2.84. The quantitative estimate of drug-likeness (QED) is 0.411. The van der Waals surface area contributed by atoms with Crippen molar-refractivity contribution in [2.45, 2.75) is 46.2 Å². The van der Waals surface area contributed by atoms with Gasteiger partial charge in [-0.2, -0.15) is 0 Å².